The summed E-state index contributed by atoms with van der Waals surface area (Å²) in [5.41, 5.74) is 4.55. The zero-order valence-electron chi connectivity index (χ0n) is 14.0. The van der Waals surface area contributed by atoms with Crippen molar-refractivity contribution < 1.29 is 4.79 Å². The molecule has 0 bridgehead atoms. The SMILES string of the molecule is CC(C)(C)c1ccc2c(c1)C/C(=C\C1CCCCC1)NC2=O. The topological polar surface area (TPSA) is 29.1 Å². The molecule has 1 aromatic carbocycles. The molecule has 2 aliphatic rings. The quantitative estimate of drug-likeness (QED) is 0.797. The van der Waals surface area contributed by atoms with Crippen LogP contribution in [0.1, 0.15) is 74.4 Å². The van der Waals surface area contributed by atoms with Crippen LogP contribution in [-0.2, 0) is 11.8 Å². The molecule has 1 N–H and O–H groups in total. The van der Waals surface area contributed by atoms with E-state index in [2.05, 4.69) is 44.3 Å². The number of hydrogen-bond acceptors (Lipinski definition) is 1. The molecule has 0 aromatic heterocycles. The minimum Gasteiger partial charge on any atom is -0.326 e. The van der Waals surface area contributed by atoms with Gasteiger partial charge in [-0.3, -0.25) is 4.79 Å². The van der Waals surface area contributed by atoms with Crippen LogP contribution >= 0.6 is 0 Å². The fraction of sp³-hybridized carbons (Fsp3) is 0.550. The van der Waals surface area contributed by atoms with Gasteiger partial charge in [-0.05, 0) is 41.4 Å². The van der Waals surface area contributed by atoms with E-state index in [1.807, 2.05) is 6.07 Å². The Bertz CT molecular complexity index is 601. The van der Waals surface area contributed by atoms with E-state index in [9.17, 15) is 4.79 Å². The van der Waals surface area contributed by atoms with Gasteiger partial charge >= 0.3 is 0 Å². The average Bonchev–Trinajstić information content (AvgIpc) is 2.47. The second kappa shape index (κ2) is 5.91. The number of allylic oxidation sites excluding steroid dienone is 2. The van der Waals surface area contributed by atoms with Gasteiger partial charge in [-0.1, -0.05) is 58.2 Å². The molecule has 1 saturated carbocycles. The third kappa shape index (κ3) is 3.26. The fourth-order valence-corrected chi connectivity index (χ4v) is 3.58. The number of carbonyl (C=O) groups is 1. The van der Waals surface area contributed by atoms with Crippen LogP contribution in [0.2, 0.25) is 0 Å². The molecule has 1 aliphatic carbocycles. The lowest BCUT2D eigenvalue weighted by Crippen LogP contribution is -2.31. The van der Waals surface area contributed by atoms with Crippen molar-refractivity contribution >= 4 is 5.91 Å². The third-order valence-corrected chi connectivity index (χ3v) is 4.96. The van der Waals surface area contributed by atoms with E-state index in [1.165, 1.54) is 43.2 Å². The molecule has 0 atom stereocenters. The van der Waals surface area contributed by atoms with E-state index in [0.29, 0.717) is 5.92 Å². The first-order valence-corrected chi connectivity index (χ1v) is 8.59. The van der Waals surface area contributed by atoms with Gasteiger partial charge in [-0.15, -0.1) is 0 Å². The van der Waals surface area contributed by atoms with Gasteiger partial charge in [-0.25, -0.2) is 0 Å². The zero-order chi connectivity index (χ0) is 15.7. The van der Waals surface area contributed by atoms with Crippen LogP contribution in [0, 0.1) is 5.92 Å². The van der Waals surface area contributed by atoms with E-state index in [4.69, 9.17) is 0 Å². The maximum Gasteiger partial charge on any atom is 0.255 e. The van der Waals surface area contributed by atoms with Crippen LogP contribution in [0.25, 0.3) is 0 Å². The number of amides is 1. The summed E-state index contributed by atoms with van der Waals surface area (Å²) >= 11 is 0. The van der Waals surface area contributed by atoms with Crippen molar-refractivity contribution in [3.8, 4) is 0 Å². The molecule has 22 heavy (non-hydrogen) atoms. The number of benzene rings is 1. The predicted molar refractivity (Wildman–Crippen MR) is 91.0 cm³/mol. The van der Waals surface area contributed by atoms with Crippen molar-refractivity contribution in [3.63, 3.8) is 0 Å². The summed E-state index contributed by atoms with van der Waals surface area (Å²) in [5, 5.41) is 3.10. The average molecular weight is 297 g/mol. The molecular formula is C20H27NO. The number of nitrogens with one attached hydrogen (secondary N) is 1. The molecule has 0 spiro atoms. The molecule has 0 unspecified atom stereocenters. The fourth-order valence-electron chi connectivity index (χ4n) is 3.58. The minimum atomic E-state index is 0.0590. The monoisotopic (exact) mass is 297 g/mol. The molecule has 1 aromatic rings. The van der Waals surface area contributed by atoms with Crippen LogP contribution in [0.5, 0.6) is 0 Å². The van der Waals surface area contributed by atoms with Gasteiger partial charge in [0.05, 0.1) is 0 Å². The minimum absolute atomic E-state index is 0.0590. The van der Waals surface area contributed by atoms with Crippen LogP contribution in [-0.4, -0.2) is 5.91 Å². The maximum absolute atomic E-state index is 12.3. The lowest BCUT2D eigenvalue weighted by Gasteiger charge is -2.26. The summed E-state index contributed by atoms with van der Waals surface area (Å²) in [6.07, 6.45) is 9.75. The first-order valence-electron chi connectivity index (χ1n) is 8.59. The highest BCUT2D eigenvalue weighted by atomic mass is 16.1. The van der Waals surface area contributed by atoms with Gasteiger partial charge in [0.15, 0.2) is 0 Å². The maximum atomic E-state index is 12.3. The van der Waals surface area contributed by atoms with Gasteiger partial charge in [0.25, 0.3) is 5.91 Å². The smallest absolute Gasteiger partial charge is 0.255 e. The van der Waals surface area contributed by atoms with Crippen molar-refractivity contribution in [2.45, 2.75) is 64.7 Å². The van der Waals surface area contributed by atoms with Crippen LogP contribution < -0.4 is 5.32 Å². The van der Waals surface area contributed by atoms with Gasteiger partial charge in [-0.2, -0.15) is 0 Å². The summed E-state index contributed by atoms with van der Waals surface area (Å²) in [5.74, 6) is 0.708. The highest BCUT2D eigenvalue weighted by molar-refractivity contribution is 5.98. The van der Waals surface area contributed by atoms with Crippen molar-refractivity contribution in [2.75, 3.05) is 0 Å². The zero-order valence-corrected chi connectivity index (χ0v) is 14.0. The molecule has 1 aliphatic heterocycles. The molecule has 2 nitrogen and oxygen atoms in total. The second-order valence-corrected chi connectivity index (χ2v) is 7.84. The van der Waals surface area contributed by atoms with E-state index in [0.717, 1.165) is 17.7 Å². The molecule has 3 rings (SSSR count). The third-order valence-electron chi connectivity index (χ3n) is 4.96. The second-order valence-electron chi connectivity index (χ2n) is 7.84. The van der Waals surface area contributed by atoms with Crippen LogP contribution in [0.15, 0.2) is 30.0 Å². The molecule has 2 heteroatoms. The Morgan fingerprint density at radius 1 is 1.14 bits per heavy atom. The van der Waals surface area contributed by atoms with Crippen molar-refractivity contribution in [1.29, 1.82) is 0 Å². The van der Waals surface area contributed by atoms with E-state index >= 15 is 0 Å². The number of fused-ring (bicyclic) bond motifs is 1. The molecule has 118 valence electrons. The molecule has 0 radical (unpaired) electrons. The lowest BCUT2D eigenvalue weighted by atomic mass is 9.83. The number of rotatable bonds is 1. The predicted octanol–water partition coefficient (Wildman–Crippen LogP) is 4.73. The van der Waals surface area contributed by atoms with Gasteiger partial charge in [0.1, 0.15) is 0 Å². The van der Waals surface area contributed by atoms with Crippen molar-refractivity contribution in [3.05, 3.63) is 46.7 Å². The Morgan fingerprint density at radius 2 is 1.86 bits per heavy atom. The molecular weight excluding hydrogens is 270 g/mol. The highest BCUT2D eigenvalue weighted by Gasteiger charge is 2.23. The van der Waals surface area contributed by atoms with Crippen molar-refractivity contribution in [1.82, 2.24) is 5.32 Å². The van der Waals surface area contributed by atoms with E-state index in [-0.39, 0.29) is 11.3 Å². The Kier molecular flexibility index (Phi) is 4.12. The van der Waals surface area contributed by atoms with Gasteiger partial charge < -0.3 is 5.32 Å². The van der Waals surface area contributed by atoms with Gasteiger partial charge in [0.2, 0.25) is 0 Å². The number of hydrogen-bond donors (Lipinski definition) is 1. The number of carbonyl (C=O) groups excluding carboxylic acids is 1. The molecule has 1 amide bonds. The lowest BCUT2D eigenvalue weighted by molar-refractivity contribution is 0.0958. The van der Waals surface area contributed by atoms with Crippen LogP contribution in [0.3, 0.4) is 0 Å². The van der Waals surface area contributed by atoms with Gasteiger partial charge in [0, 0.05) is 17.7 Å². The Hall–Kier alpha value is -1.57. The first-order chi connectivity index (χ1) is 10.4. The summed E-state index contributed by atoms with van der Waals surface area (Å²) < 4.78 is 0. The molecule has 1 heterocycles. The largest absolute Gasteiger partial charge is 0.326 e. The summed E-state index contributed by atoms with van der Waals surface area (Å²) in [6, 6.07) is 6.31. The Balaban J connectivity index is 1.86. The van der Waals surface area contributed by atoms with E-state index < -0.39 is 0 Å². The summed E-state index contributed by atoms with van der Waals surface area (Å²) in [7, 11) is 0. The standard InChI is InChI=1S/C20H27NO/c1-20(2,3)16-9-10-18-15(12-16)13-17(21-19(18)22)11-14-7-5-4-6-8-14/h9-12,14H,4-8,13H2,1-3H3,(H,21,22)/b17-11+. The van der Waals surface area contributed by atoms with Crippen LogP contribution in [0.4, 0.5) is 0 Å². The molecule has 1 fully saturated rings. The highest BCUT2D eigenvalue weighted by Crippen LogP contribution is 2.30. The molecule has 0 saturated heterocycles. The summed E-state index contributed by atoms with van der Waals surface area (Å²) in [6.45, 7) is 6.66. The van der Waals surface area contributed by atoms with E-state index in [1.54, 1.807) is 0 Å². The summed E-state index contributed by atoms with van der Waals surface area (Å²) in [4.78, 5) is 12.3. The Morgan fingerprint density at radius 3 is 2.55 bits per heavy atom. The normalized spacial score (nSPS) is 21.6. The van der Waals surface area contributed by atoms with Crippen molar-refractivity contribution in [2.24, 2.45) is 5.92 Å². The Labute approximate surface area is 134 Å². The first kappa shape index (κ1) is 15.3.